The summed E-state index contributed by atoms with van der Waals surface area (Å²) < 4.78 is 0. The third-order valence-corrected chi connectivity index (χ3v) is 6.04. The summed E-state index contributed by atoms with van der Waals surface area (Å²) in [5, 5.41) is 8.97. The minimum absolute atomic E-state index is 0.118. The molecule has 0 aromatic heterocycles. The largest absolute Gasteiger partial charge is 0.478 e. The summed E-state index contributed by atoms with van der Waals surface area (Å²) in [6.45, 7) is 0. The van der Waals surface area contributed by atoms with E-state index < -0.39 is 5.97 Å². The zero-order valence-corrected chi connectivity index (χ0v) is 12.3. The lowest BCUT2D eigenvalue weighted by molar-refractivity contribution is -0.124. The number of nitrogens with zero attached hydrogens (tertiary/aromatic N) is 1. The lowest BCUT2D eigenvalue weighted by Gasteiger charge is -2.37. The molecule has 4 aliphatic carbocycles. The molecule has 5 aliphatic rings. The Balaban J connectivity index is 1.53. The maximum absolute atomic E-state index is 12.9. The number of benzene rings is 1. The molecule has 1 saturated heterocycles. The van der Waals surface area contributed by atoms with Gasteiger partial charge in [-0.3, -0.25) is 14.5 Å². The Morgan fingerprint density at radius 1 is 0.957 bits per heavy atom. The van der Waals surface area contributed by atoms with Gasteiger partial charge in [-0.1, -0.05) is 12.2 Å². The van der Waals surface area contributed by atoms with E-state index in [-0.39, 0.29) is 41.0 Å². The fourth-order valence-electron chi connectivity index (χ4n) is 4.96. The fraction of sp³-hybridized carbons (Fsp3) is 0.389. The van der Waals surface area contributed by atoms with E-state index in [1.165, 1.54) is 17.0 Å². The molecule has 1 aromatic carbocycles. The number of allylic oxidation sites excluding steroid dienone is 2. The smallest absolute Gasteiger partial charge is 0.335 e. The number of imide groups is 1. The highest BCUT2D eigenvalue weighted by molar-refractivity contribution is 6.22. The van der Waals surface area contributed by atoms with Crippen LogP contribution < -0.4 is 4.90 Å². The molecular formula is C18H15NO4. The molecule has 23 heavy (non-hydrogen) atoms. The van der Waals surface area contributed by atoms with Gasteiger partial charge in [0.1, 0.15) is 0 Å². The minimum atomic E-state index is -1.02. The van der Waals surface area contributed by atoms with Crippen LogP contribution in [0.5, 0.6) is 0 Å². The van der Waals surface area contributed by atoms with Crippen LogP contribution in [0.2, 0.25) is 0 Å². The second-order valence-electron chi connectivity index (χ2n) is 7.02. The number of carboxylic acid groups (broad SMARTS) is 1. The van der Waals surface area contributed by atoms with Crippen molar-refractivity contribution in [1.82, 2.24) is 0 Å². The summed E-state index contributed by atoms with van der Waals surface area (Å²) in [7, 11) is 0. The van der Waals surface area contributed by atoms with E-state index in [2.05, 4.69) is 12.2 Å². The van der Waals surface area contributed by atoms with Gasteiger partial charge in [0.25, 0.3) is 0 Å². The molecule has 6 atom stereocenters. The monoisotopic (exact) mass is 309 g/mol. The van der Waals surface area contributed by atoms with Gasteiger partial charge >= 0.3 is 5.97 Å². The summed E-state index contributed by atoms with van der Waals surface area (Å²) in [6, 6.07) is 5.97. The van der Waals surface area contributed by atoms with Crippen LogP contribution in [0.1, 0.15) is 16.8 Å². The predicted octanol–water partition coefficient (Wildman–Crippen LogP) is 1.94. The number of rotatable bonds is 2. The Bertz CT molecular complexity index is 745. The molecule has 2 bridgehead atoms. The van der Waals surface area contributed by atoms with Gasteiger partial charge < -0.3 is 5.11 Å². The van der Waals surface area contributed by atoms with Gasteiger partial charge in [-0.25, -0.2) is 4.79 Å². The zero-order chi connectivity index (χ0) is 15.9. The first-order valence-corrected chi connectivity index (χ1v) is 7.97. The van der Waals surface area contributed by atoms with Crippen molar-refractivity contribution in [1.29, 1.82) is 0 Å². The van der Waals surface area contributed by atoms with Gasteiger partial charge in [0.15, 0.2) is 0 Å². The Hall–Kier alpha value is -2.43. The number of amides is 2. The van der Waals surface area contributed by atoms with Crippen molar-refractivity contribution in [2.45, 2.75) is 6.42 Å². The first-order valence-electron chi connectivity index (χ1n) is 7.97. The Kier molecular flexibility index (Phi) is 2.33. The van der Waals surface area contributed by atoms with E-state index in [1.54, 1.807) is 12.1 Å². The second-order valence-corrected chi connectivity index (χ2v) is 7.02. The van der Waals surface area contributed by atoms with Crippen LogP contribution in [0, 0.1) is 35.5 Å². The maximum Gasteiger partial charge on any atom is 0.335 e. The molecule has 116 valence electrons. The van der Waals surface area contributed by atoms with Crippen LogP contribution in [-0.2, 0) is 9.59 Å². The SMILES string of the molecule is O=C(O)c1ccc(N2C(=O)C3C4C=CC(C5CC45)C3C2=O)cc1. The number of hydrogen-bond donors (Lipinski definition) is 1. The van der Waals surface area contributed by atoms with Crippen molar-refractivity contribution in [3.63, 3.8) is 0 Å². The molecule has 1 heterocycles. The summed E-state index contributed by atoms with van der Waals surface area (Å²) in [4.78, 5) is 38.0. The molecule has 1 aliphatic heterocycles. The molecule has 5 heteroatoms. The highest BCUT2D eigenvalue weighted by Gasteiger charge is 2.67. The molecule has 0 radical (unpaired) electrons. The van der Waals surface area contributed by atoms with Crippen LogP contribution in [0.3, 0.4) is 0 Å². The second kappa shape index (κ2) is 4.10. The molecule has 2 saturated carbocycles. The number of aromatic carboxylic acids is 1. The third-order valence-electron chi connectivity index (χ3n) is 6.04. The van der Waals surface area contributed by atoms with E-state index >= 15 is 0 Å². The molecule has 6 unspecified atom stereocenters. The van der Waals surface area contributed by atoms with Crippen molar-refractivity contribution in [2.24, 2.45) is 35.5 Å². The lowest BCUT2D eigenvalue weighted by atomic mass is 9.63. The predicted molar refractivity (Wildman–Crippen MR) is 80.6 cm³/mol. The van der Waals surface area contributed by atoms with Gasteiger partial charge in [0.05, 0.1) is 23.1 Å². The number of carbonyl (C=O) groups excluding carboxylic acids is 2. The molecular weight excluding hydrogens is 294 g/mol. The molecule has 0 spiro atoms. The van der Waals surface area contributed by atoms with Gasteiger partial charge in [-0.05, 0) is 54.4 Å². The van der Waals surface area contributed by atoms with Crippen LogP contribution in [0.25, 0.3) is 0 Å². The first-order chi connectivity index (χ1) is 11.1. The molecule has 3 fully saturated rings. The van der Waals surface area contributed by atoms with E-state index in [0.717, 1.165) is 6.42 Å². The summed E-state index contributed by atoms with van der Waals surface area (Å²) in [5.41, 5.74) is 0.626. The average Bonchev–Trinajstić information content (AvgIpc) is 3.32. The Morgan fingerprint density at radius 3 is 1.96 bits per heavy atom. The summed E-state index contributed by atoms with van der Waals surface area (Å²) >= 11 is 0. The maximum atomic E-state index is 12.9. The summed E-state index contributed by atoms with van der Waals surface area (Å²) in [6.07, 6.45) is 5.42. The Morgan fingerprint density at radius 2 is 1.48 bits per heavy atom. The van der Waals surface area contributed by atoms with Crippen LogP contribution in [0.4, 0.5) is 5.69 Å². The standard InChI is InChI=1S/C18H15NO4/c20-16-14-10-5-6-11(13-7-12(10)13)15(14)17(21)19(16)9-3-1-8(2-4-9)18(22)23/h1-6,10-15H,7H2,(H,22,23). The van der Waals surface area contributed by atoms with Gasteiger partial charge in [0, 0.05) is 0 Å². The summed E-state index contributed by atoms with van der Waals surface area (Å²) in [5.74, 6) is -0.132. The topological polar surface area (TPSA) is 74.7 Å². The van der Waals surface area contributed by atoms with Crippen molar-refractivity contribution < 1.29 is 19.5 Å². The van der Waals surface area contributed by atoms with Crippen LogP contribution in [0.15, 0.2) is 36.4 Å². The van der Waals surface area contributed by atoms with Gasteiger partial charge in [-0.2, -0.15) is 0 Å². The lowest BCUT2D eigenvalue weighted by Crippen LogP contribution is -2.40. The molecule has 1 aromatic rings. The van der Waals surface area contributed by atoms with E-state index in [4.69, 9.17) is 5.11 Å². The fourth-order valence-corrected chi connectivity index (χ4v) is 4.96. The first kappa shape index (κ1) is 13.0. The third kappa shape index (κ3) is 1.54. The van der Waals surface area contributed by atoms with Gasteiger partial charge in [0.2, 0.25) is 11.8 Å². The van der Waals surface area contributed by atoms with Crippen molar-refractivity contribution in [3.05, 3.63) is 42.0 Å². The average molecular weight is 309 g/mol. The van der Waals surface area contributed by atoms with Gasteiger partial charge in [-0.15, -0.1) is 0 Å². The molecule has 5 nitrogen and oxygen atoms in total. The van der Waals surface area contributed by atoms with E-state index in [9.17, 15) is 14.4 Å². The van der Waals surface area contributed by atoms with E-state index in [0.29, 0.717) is 17.5 Å². The van der Waals surface area contributed by atoms with Crippen molar-refractivity contribution >= 4 is 23.5 Å². The van der Waals surface area contributed by atoms with Crippen LogP contribution >= 0.6 is 0 Å². The van der Waals surface area contributed by atoms with Crippen molar-refractivity contribution in [2.75, 3.05) is 4.90 Å². The molecule has 2 amide bonds. The minimum Gasteiger partial charge on any atom is -0.478 e. The molecule has 1 N–H and O–H groups in total. The number of hydrogen-bond acceptors (Lipinski definition) is 3. The number of carbonyl (C=O) groups is 3. The normalized spacial score (nSPS) is 39.4. The van der Waals surface area contributed by atoms with Crippen LogP contribution in [-0.4, -0.2) is 22.9 Å². The number of anilines is 1. The highest BCUT2D eigenvalue weighted by Crippen LogP contribution is 2.65. The Labute approximate surface area is 132 Å². The van der Waals surface area contributed by atoms with Crippen molar-refractivity contribution in [3.8, 4) is 0 Å². The van der Waals surface area contributed by atoms with E-state index in [1.807, 2.05) is 0 Å². The number of carboxylic acids is 1. The molecule has 6 rings (SSSR count). The quantitative estimate of drug-likeness (QED) is 0.669. The highest BCUT2D eigenvalue weighted by atomic mass is 16.4. The zero-order valence-electron chi connectivity index (χ0n) is 12.3.